The van der Waals surface area contributed by atoms with Gasteiger partial charge in [0, 0.05) is 11.1 Å². The summed E-state index contributed by atoms with van der Waals surface area (Å²) in [6, 6.07) is 4.11. The van der Waals surface area contributed by atoms with Crippen molar-refractivity contribution in [2.24, 2.45) is 5.92 Å². The van der Waals surface area contributed by atoms with Crippen molar-refractivity contribution in [2.75, 3.05) is 25.0 Å². The minimum Gasteiger partial charge on any atom is -0.395 e. The molecule has 0 saturated carbocycles. The highest BCUT2D eigenvalue weighted by molar-refractivity contribution is 6.30. The molecule has 0 radical (unpaired) electrons. The summed E-state index contributed by atoms with van der Waals surface area (Å²) in [7, 11) is 0. The zero-order valence-electron chi connectivity index (χ0n) is 11.3. The van der Waals surface area contributed by atoms with Gasteiger partial charge in [0.15, 0.2) is 0 Å². The first-order valence-electron chi connectivity index (χ1n) is 6.61. The molecular weight excluding hydrogens is 283 g/mol. The lowest BCUT2D eigenvalue weighted by atomic mass is 10.0. The van der Waals surface area contributed by atoms with Gasteiger partial charge in [-0.1, -0.05) is 18.5 Å². The molecule has 2 atom stereocenters. The maximum atomic E-state index is 13.6. The Labute approximate surface area is 122 Å². The van der Waals surface area contributed by atoms with E-state index >= 15 is 0 Å². The van der Waals surface area contributed by atoms with Gasteiger partial charge in [-0.05, 0) is 37.1 Å². The highest BCUT2D eigenvalue weighted by Gasteiger charge is 2.31. The second-order valence-corrected chi connectivity index (χ2v) is 5.60. The first-order valence-corrected chi connectivity index (χ1v) is 6.99. The highest BCUT2D eigenvalue weighted by atomic mass is 35.5. The second kappa shape index (κ2) is 6.52. The number of hydrogen-bond donors (Lipinski definition) is 2. The fourth-order valence-corrected chi connectivity index (χ4v) is 2.70. The van der Waals surface area contributed by atoms with Crippen molar-refractivity contribution in [3.05, 3.63) is 29.0 Å². The van der Waals surface area contributed by atoms with E-state index in [0.717, 1.165) is 19.0 Å². The van der Waals surface area contributed by atoms with Crippen LogP contribution >= 0.6 is 11.6 Å². The maximum Gasteiger partial charge on any atom is 0.238 e. The SMILES string of the molecule is CC1CCN(CC(=O)Nc2ccc(Cl)cc2F)C1CO. The molecular formula is C14H18ClFN2O2. The standard InChI is InChI=1S/C14H18ClFN2O2/c1-9-4-5-18(13(9)8-19)7-14(20)17-12-3-2-10(15)6-11(12)16/h2-3,6,9,13,19H,4-5,7-8H2,1H3,(H,17,20). The third-order valence-corrected chi connectivity index (χ3v) is 3.97. The minimum atomic E-state index is -0.556. The van der Waals surface area contributed by atoms with Gasteiger partial charge in [0.25, 0.3) is 0 Å². The van der Waals surface area contributed by atoms with Crippen molar-refractivity contribution in [1.29, 1.82) is 0 Å². The van der Waals surface area contributed by atoms with Crippen LogP contribution in [0.4, 0.5) is 10.1 Å². The van der Waals surface area contributed by atoms with Gasteiger partial charge in [0.05, 0.1) is 18.8 Å². The Balaban J connectivity index is 1.95. The Kier molecular flexibility index (Phi) is 4.96. The number of nitrogens with one attached hydrogen (secondary N) is 1. The number of likely N-dealkylation sites (tertiary alicyclic amines) is 1. The average Bonchev–Trinajstić information content (AvgIpc) is 2.73. The number of rotatable bonds is 4. The number of halogens is 2. The van der Waals surface area contributed by atoms with Crippen LogP contribution < -0.4 is 5.32 Å². The molecule has 1 heterocycles. The molecule has 1 amide bonds. The molecule has 0 aliphatic carbocycles. The van der Waals surface area contributed by atoms with E-state index in [4.69, 9.17) is 11.6 Å². The van der Waals surface area contributed by atoms with Crippen LogP contribution in [0.2, 0.25) is 5.02 Å². The summed E-state index contributed by atoms with van der Waals surface area (Å²) < 4.78 is 13.6. The average molecular weight is 301 g/mol. The normalized spacial score (nSPS) is 23.0. The van der Waals surface area contributed by atoms with E-state index in [1.54, 1.807) is 0 Å². The summed E-state index contributed by atoms with van der Waals surface area (Å²) in [6.45, 7) is 3.00. The topological polar surface area (TPSA) is 52.6 Å². The summed E-state index contributed by atoms with van der Waals surface area (Å²) in [6.07, 6.45) is 0.952. The smallest absolute Gasteiger partial charge is 0.238 e. The molecule has 1 aromatic rings. The van der Waals surface area contributed by atoms with Crippen LogP contribution in [0.3, 0.4) is 0 Å². The predicted molar refractivity (Wildman–Crippen MR) is 76.3 cm³/mol. The highest BCUT2D eigenvalue weighted by Crippen LogP contribution is 2.23. The van der Waals surface area contributed by atoms with Crippen LogP contribution in [0.15, 0.2) is 18.2 Å². The Morgan fingerprint density at radius 2 is 2.35 bits per heavy atom. The molecule has 0 aromatic heterocycles. The van der Waals surface area contributed by atoms with E-state index in [9.17, 15) is 14.3 Å². The zero-order valence-corrected chi connectivity index (χ0v) is 12.0. The predicted octanol–water partition coefficient (Wildman–Crippen LogP) is 2.12. The lowest BCUT2D eigenvalue weighted by Gasteiger charge is -2.24. The quantitative estimate of drug-likeness (QED) is 0.895. The number of aliphatic hydroxyl groups is 1. The van der Waals surface area contributed by atoms with Gasteiger partial charge in [-0.15, -0.1) is 0 Å². The van der Waals surface area contributed by atoms with Crippen molar-refractivity contribution in [1.82, 2.24) is 4.90 Å². The number of carbonyl (C=O) groups is 1. The molecule has 4 nitrogen and oxygen atoms in total. The van der Waals surface area contributed by atoms with Crippen LogP contribution in [-0.2, 0) is 4.79 Å². The molecule has 0 bridgehead atoms. The monoisotopic (exact) mass is 300 g/mol. The zero-order chi connectivity index (χ0) is 14.7. The number of hydrogen-bond acceptors (Lipinski definition) is 3. The molecule has 1 fully saturated rings. The number of amides is 1. The van der Waals surface area contributed by atoms with Crippen molar-refractivity contribution < 1.29 is 14.3 Å². The van der Waals surface area contributed by atoms with E-state index < -0.39 is 5.82 Å². The Bertz CT molecular complexity index is 498. The van der Waals surface area contributed by atoms with Crippen molar-refractivity contribution in [3.63, 3.8) is 0 Å². The molecule has 1 aliphatic rings. The number of carbonyl (C=O) groups excluding carboxylic acids is 1. The van der Waals surface area contributed by atoms with Crippen LogP contribution in [0.1, 0.15) is 13.3 Å². The first kappa shape index (κ1) is 15.2. The van der Waals surface area contributed by atoms with Gasteiger partial charge in [-0.3, -0.25) is 9.69 Å². The Morgan fingerprint density at radius 3 is 3.00 bits per heavy atom. The largest absolute Gasteiger partial charge is 0.395 e. The molecule has 1 aromatic carbocycles. The number of aliphatic hydroxyl groups excluding tert-OH is 1. The molecule has 0 spiro atoms. The van der Waals surface area contributed by atoms with E-state index in [0.29, 0.717) is 5.92 Å². The summed E-state index contributed by atoms with van der Waals surface area (Å²) in [5.74, 6) is -0.488. The van der Waals surface area contributed by atoms with Gasteiger partial charge < -0.3 is 10.4 Å². The summed E-state index contributed by atoms with van der Waals surface area (Å²) in [5, 5.41) is 12.2. The second-order valence-electron chi connectivity index (χ2n) is 5.16. The Morgan fingerprint density at radius 1 is 1.60 bits per heavy atom. The lowest BCUT2D eigenvalue weighted by Crippen LogP contribution is -2.40. The molecule has 1 aliphatic heterocycles. The number of anilines is 1. The molecule has 2 N–H and O–H groups in total. The van der Waals surface area contributed by atoms with Crippen LogP contribution in [0.5, 0.6) is 0 Å². The van der Waals surface area contributed by atoms with E-state index in [1.807, 2.05) is 4.90 Å². The first-order chi connectivity index (χ1) is 9.51. The molecule has 110 valence electrons. The van der Waals surface area contributed by atoms with Crippen LogP contribution in [0.25, 0.3) is 0 Å². The van der Waals surface area contributed by atoms with E-state index in [1.165, 1.54) is 12.1 Å². The summed E-state index contributed by atoms with van der Waals surface area (Å²) >= 11 is 5.66. The van der Waals surface area contributed by atoms with Gasteiger partial charge in [-0.25, -0.2) is 4.39 Å². The third-order valence-electron chi connectivity index (χ3n) is 3.74. The van der Waals surface area contributed by atoms with Crippen molar-refractivity contribution >= 4 is 23.2 Å². The third kappa shape index (κ3) is 3.48. The Hall–Kier alpha value is -1.17. The number of benzene rings is 1. The fraction of sp³-hybridized carbons (Fsp3) is 0.500. The minimum absolute atomic E-state index is 0.00388. The molecule has 2 rings (SSSR count). The molecule has 1 saturated heterocycles. The summed E-state index contributed by atoms with van der Waals surface area (Å²) in [4.78, 5) is 13.9. The van der Waals surface area contributed by atoms with Crippen molar-refractivity contribution in [2.45, 2.75) is 19.4 Å². The molecule has 20 heavy (non-hydrogen) atoms. The van der Waals surface area contributed by atoms with Gasteiger partial charge in [0.1, 0.15) is 5.82 Å². The lowest BCUT2D eigenvalue weighted by molar-refractivity contribution is -0.117. The summed E-state index contributed by atoms with van der Waals surface area (Å²) in [5.41, 5.74) is 0.118. The molecule has 2 unspecified atom stereocenters. The van der Waals surface area contributed by atoms with Crippen LogP contribution in [-0.4, -0.2) is 41.7 Å². The van der Waals surface area contributed by atoms with Gasteiger partial charge >= 0.3 is 0 Å². The van der Waals surface area contributed by atoms with Crippen molar-refractivity contribution in [3.8, 4) is 0 Å². The van der Waals surface area contributed by atoms with E-state index in [-0.39, 0.29) is 35.8 Å². The van der Waals surface area contributed by atoms with Gasteiger partial charge in [0.2, 0.25) is 5.91 Å². The van der Waals surface area contributed by atoms with E-state index in [2.05, 4.69) is 12.2 Å². The fourth-order valence-electron chi connectivity index (χ4n) is 2.54. The molecule has 6 heteroatoms. The number of nitrogens with zero attached hydrogens (tertiary/aromatic N) is 1. The maximum absolute atomic E-state index is 13.6. The van der Waals surface area contributed by atoms with Crippen LogP contribution in [0, 0.1) is 11.7 Å². The van der Waals surface area contributed by atoms with Gasteiger partial charge in [-0.2, -0.15) is 0 Å².